The first-order valence-electron chi connectivity index (χ1n) is 5.31. The van der Waals surface area contributed by atoms with Gasteiger partial charge >= 0.3 is 6.18 Å². The second-order valence-electron chi connectivity index (χ2n) is 3.81. The smallest absolute Gasteiger partial charge is 0.359 e. The molecule has 1 N–H and O–H groups in total. The fourth-order valence-electron chi connectivity index (χ4n) is 1.23. The molecule has 3 nitrogen and oxygen atoms in total. The molecule has 0 unspecified atom stereocenters. The molecule has 1 amide bonds. The number of hydrogen-bond acceptors (Lipinski definition) is 3. The topological polar surface area (TPSA) is 38.3 Å². The van der Waals surface area contributed by atoms with Crippen molar-refractivity contribution in [1.29, 1.82) is 0 Å². The van der Waals surface area contributed by atoms with Gasteiger partial charge in [0.15, 0.2) is 0 Å². The summed E-state index contributed by atoms with van der Waals surface area (Å²) in [5.74, 6) is -0.555. The summed E-state index contributed by atoms with van der Waals surface area (Å²) in [4.78, 5) is 12.5. The predicted molar refractivity (Wildman–Crippen MR) is 62.3 cm³/mol. The molecule has 0 aliphatic heterocycles. The lowest BCUT2D eigenvalue weighted by molar-refractivity contribution is -0.185. The van der Waals surface area contributed by atoms with Crippen molar-refractivity contribution in [2.75, 3.05) is 6.61 Å². The summed E-state index contributed by atoms with van der Waals surface area (Å²) in [5, 5.41) is 4.46. The van der Waals surface area contributed by atoms with Crippen LogP contribution in [0.5, 0.6) is 0 Å². The molecular formula is C11H14F3NO2S. The number of halogens is 3. The molecule has 18 heavy (non-hydrogen) atoms. The highest BCUT2D eigenvalue weighted by molar-refractivity contribution is 7.10. The van der Waals surface area contributed by atoms with Crippen LogP contribution < -0.4 is 5.32 Å². The van der Waals surface area contributed by atoms with E-state index in [1.54, 1.807) is 6.92 Å². The van der Waals surface area contributed by atoms with E-state index in [2.05, 4.69) is 10.1 Å². The molecule has 0 aromatic carbocycles. The summed E-state index contributed by atoms with van der Waals surface area (Å²) >= 11 is 1.47. The lowest BCUT2D eigenvalue weighted by Gasteiger charge is -2.17. The zero-order valence-electron chi connectivity index (χ0n) is 9.95. The Kier molecular flexibility index (Phi) is 5.15. The van der Waals surface area contributed by atoms with Crippen LogP contribution in [0.1, 0.15) is 24.8 Å². The number of amides is 1. The molecule has 7 heteroatoms. The first kappa shape index (κ1) is 15.0. The van der Waals surface area contributed by atoms with Crippen molar-refractivity contribution in [1.82, 2.24) is 5.32 Å². The van der Waals surface area contributed by atoms with Gasteiger partial charge in [0.05, 0.1) is 6.04 Å². The van der Waals surface area contributed by atoms with Crippen molar-refractivity contribution < 1.29 is 22.7 Å². The van der Waals surface area contributed by atoms with Crippen LogP contribution in [0.4, 0.5) is 13.2 Å². The summed E-state index contributed by atoms with van der Waals surface area (Å²) in [6.45, 7) is 1.64. The molecule has 0 aliphatic carbocycles. The summed E-state index contributed by atoms with van der Waals surface area (Å²) in [6, 6.07) is 3.44. The maximum absolute atomic E-state index is 11.9. The Bertz CT molecular complexity index is 378. The Labute approximate surface area is 107 Å². The second-order valence-corrected chi connectivity index (χ2v) is 4.79. The standard InChI is InChI=1S/C11H14F3NO2S/c1-7(9-4-3-5-18-9)15-10(16)8(2)17-6-11(12,13)14/h3-5,7-8H,6H2,1-2H3,(H,15,16)/t7-,8-/m1/s1. The Morgan fingerprint density at radius 1 is 1.50 bits per heavy atom. The quantitative estimate of drug-likeness (QED) is 0.901. The van der Waals surface area contributed by atoms with Crippen molar-refractivity contribution in [2.24, 2.45) is 0 Å². The summed E-state index contributed by atoms with van der Waals surface area (Å²) in [6.07, 6.45) is -5.55. The molecular weight excluding hydrogens is 267 g/mol. The van der Waals surface area contributed by atoms with Crippen LogP contribution in [0.15, 0.2) is 17.5 Å². The number of hydrogen-bond donors (Lipinski definition) is 1. The van der Waals surface area contributed by atoms with E-state index < -0.39 is 24.8 Å². The minimum atomic E-state index is -4.42. The third-order valence-electron chi connectivity index (χ3n) is 2.19. The molecule has 1 aromatic heterocycles. The third kappa shape index (κ3) is 5.05. The van der Waals surface area contributed by atoms with Gasteiger partial charge in [-0.1, -0.05) is 6.07 Å². The third-order valence-corrected chi connectivity index (χ3v) is 3.25. The molecule has 1 aromatic rings. The van der Waals surface area contributed by atoms with E-state index >= 15 is 0 Å². The first-order chi connectivity index (χ1) is 8.29. The highest BCUT2D eigenvalue weighted by atomic mass is 32.1. The maximum atomic E-state index is 11.9. The minimum Gasteiger partial charge on any atom is -0.359 e. The van der Waals surface area contributed by atoms with Gasteiger partial charge in [0.25, 0.3) is 0 Å². The van der Waals surface area contributed by atoms with Crippen LogP contribution in [0, 0.1) is 0 Å². The molecule has 0 fully saturated rings. The number of nitrogens with one attached hydrogen (secondary N) is 1. The van der Waals surface area contributed by atoms with Crippen molar-refractivity contribution in [2.45, 2.75) is 32.2 Å². The van der Waals surface area contributed by atoms with Gasteiger partial charge in [-0.25, -0.2) is 0 Å². The highest BCUT2D eigenvalue weighted by Gasteiger charge is 2.30. The minimum absolute atomic E-state index is 0.241. The number of carbonyl (C=O) groups is 1. The Hall–Kier alpha value is -1.08. The lowest BCUT2D eigenvalue weighted by atomic mass is 10.2. The van der Waals surface area contributed by atoms with Crippen LogP contribution in [0.2, 0.25) is 0 Å². The fourth-order valence-corrected chi connectivity index (χ4v) is 1.97. The van der Waals surface area contributed by atoms with Gasteiger partial charge in [0.2, 0.25) is 5.91 Å². The largest absolute Gasteiger partial charge is 0.411 e. The molecule has 1 rings (SSSR count). The van der Waals surface area contributed by atoms with E-state index in [0.717, 1.165) is 4.88 Å². The zero-order chi connectivity index (χ0) is 13.8. The number of thiophene rings is 1. The SMILES string of the molecule is C[C@@H](OCC(F)(F)F)C(=O)N[C@H](C)c1cccs1. The summed E-state index contributed by atoms with van der Waals surface area (Å²) in [7, 11) is 0. The molecule has 0 bridgehead atoms. The molecule has 102 valence electrons. The molecule has 0 spiro atoms. The van der Waals surface area contributed by atoms with Gasteiger partial charge in [-0.15, -0.1) is 11.3 Å². The molecule has 0 saturated heterocycles. The van der Waals surface area contributed by atoms with Gasteiger partial charge < -0.3 is 10.1 Å². The maximum Gasteiger partial charge on any atom is 0.411 e. The van der Waals surface area contributed by atoms with E-state index in [0.29, 0.717) is 0 Å². The normalized spacial score (nSPS) is 15.2. The van der Waals surface area contributed by atoms with E-state index in [1.807, 2.05) is 17.5 Å². The first-order valence-corrected chi connectivity index (χ1v) is 6.19. The van der Waals surface area contributed by atoms with Gasteiger partial charge in [-0.3, -0.25) is 4.79 Å². The van der Waals surface area contributed by atoms with Crippen LogP contribution in [0.25, 0.3) is 0 Å². The van der Waals surface area contributed by atoms with E-state index in [4.69, 9.17) is 0 Å². The van der Waals surface area contributed by atoms with Crippen molar-refractivity contribution in [3.63, 3.8) is 0 Å². The number of alkyl halides is 3. The molecule has 0 radical (unpaired) electrons. The molecule has 1 heterocycles. The fraction of sp³-hybridized carbons (Fsp3) is 0.545. The van der Waals surface area contributed by atoms with Gasteiger partial charge in [0.1, 0.15) is 12.7 Å². The Balaban J connectivity index is 2.40. The Morgan fingerprint density at radius 2 is 2.17 bits per heavy atom. The lowest BCUT2D eigenvalue weighted by Crippen LogP contribution is -2.37. The van der Waals surface area contributed by atoms with Gasteiger partial charge in [-0.05, 0) is 25.3 Å². The highest BCUT2D eigenvalue weighted by Crippen LogP contribution is 2.19. The van der Waals surface area contributed by atoms with Crippen molar-refractivity contribution in [3.05, 3.63) is 22.4 Å². The monoisotopic (exact) mass is 281 g/mol. The second kappa shape index (κ2) is 6.19. The zero-order valence-corrected chi connectivity index (χ0v) is 10.8. The van der Waals surface area contributed by atoms with Crippen LogP contribution in [-0.4, -0.2) is 24.8 Å². The van der Waals surface area contributed by atoms with Gasteiger partial charge in [0, 0.05) is 4.88 Å². The predicted octanol–water partition coefficient (Wildman–Crippen LogP) is 2.89. The van der Waals surface area contributed by atoms with Crippen molar-refractivity contribution >= 4 is 17.2 Å². The number of carbonyl (C=O) groups excluding carboxylic acids is 1. The summed E-state index contributed by atoms with van der Waals surface area (Å²) < 4.78 is 40.2. The van der Waals surface area contributed by atoms with E-state index in [9.17, 15) is 18.0 Å². The Morgan fingerprint density at radius 3 is 2.67 bits per heavy atom. The average molecular weight is 281 g/mol. The number of rotatable bonds is 5. The molecule has 0 saturated carbocycles. The molecule has 0 aliphatic rings. The number of ether oxygens (including phenoxy) is 1. The van der Waals surface area contributed by atoms with E-state index in [-0.39, 0.29) is 6.04 Å². The van der Waals surface area contributed by atoms with Crippen LogP contribution in [-0.2, 0) is 9.53 Å². The van der Waals surface area contributed by atoms with Crippen LogP contribution in [0.3, 0.4) is 0 Å². The molecule has 2 atom stereocenters. The van der Waals surface area contributed by atoms with Crippen molar-refractivity contribution in [3.8, 4) is 0 Å². The summed E-state index contributed by atoms with van der Waals surface area (Å²) in [5.41, 5.74) is 0. The van der Waals surface area contributed by atoms with E-state index in [1.165, 1.54) is 18.3 Å². The van der Waals surface area contributed by atoms with Crippen LogP contribution >= 0.6 is 11.3 Å². The average Bonchev–Trinajstić information content (AvgIpc) is 2.77. The van der Waals surface area contributed by atoms with Gasteiger partial charge in [-0.2, -0.15) is 13.2 Å².